The number of hydrogen-bond donors (Lipinski definition) is 2. The van der Waals surface area contributed by atoms with E-state index in [9.17, 15) is 0 Å². The summed E-state index contributed by atoms with van der Waals surface area (Å²) >= 11 is 0. The third kappa shape index (κ3) is 5.97. The number of rotatable bonds is 9. The van der Waals surface area contributed by atoms with Gasteiger partial charge < -0.3 is 29.6 Å². The Bertz CT molecular complexity index is 780. The van der Waals surface area contributed by atoms with Gasteiger partial charge in [0.1, 0.15) is 6.10 Å². The molecule has 0 spiro atoms. The van der Waals surface area contributed by atoms with Gasteiger partial charge in [-0.3, -0.25) is 4.99 Å². The van der Waals surface area contributed by atoms with Crippen LogP contribution in [0.1, 0.15) is 13.8 Å². The Morgan fingerprint density at radius 1 is 1.00 bits per heavy atom. The van der Waals surface area contributed by atoms with Crippen LogP contribution in [0.3, 0.4) is 0 Å². The molecule has 0 amide bonds. The number of nitrogens with zero attached hydrogens (tertiary/aromatic N) is 1. The fourth-order valence-electron chi connectivity index (χ4n) is 2.55. The van der Waals surface area contributed by atoms with Gasteiger partial charge in [-0.1, -0.05) is 12.1 Å². The average Bonchev–Trinajstić information content (AvgIpc) is 2.72. The van der Waals surface area contributed by atoms with Crippen molar-refractivity contribution in [2.45, 2.75) is 20.0 Å². The molecule has 0 aliphatic carbocycles. The minimum absolute atomic E-state index is 0.0929. The fraction of sp³-hybridized carbons (Fsp3) is 0.381. The number of benzene rings is 2. The lowest BCUT2D eigenvalue weighted by Crippen LogP contribution is -2.37. The van der Waals surface area contributed by atoms with E-state index in [0.717, 1.165) is 5.69 Å². The van der Waals surface area contributed by atoms with Crippen LogP contribution >= 0.6 is 0 Å². The second-order valence-electron chi connectivity index (χ2n) is 5.96. The summed E-state index contributed by atoms with van der Waals surface area (Å²) < 4.78 is 22.2. The van der Waals surface area contributed by atoms with E-state index >= 15 is 0 Å². The molecule has 0 aliphatic rings. The molecular weight excluding hydrogens is 358 g/mol. The molecule has 152 valence electrons. The first-order valence-corrected chi connectivity index (χ1v) is 9.19. The van der Waals surface area contributed by atoms with E-state index in [-0.39, 0.29) is 6.10 Å². The Balaban J connectivity index is 1.94. The lowest BCUT2D eigenvalue weighted by atomic mass is 10.2. The summed E-state index contributed by atoms with van der Waals surface area (Å²) in [4.78, 5) is 4.25. The van der Waals surface area contributed by atoms with Crippen molar-refractivity contribution in [2.75, 3.05) is 39.7 Å². The second kappa shape index (κ2) is 10.9. The molecule has 0 saturated carbocycles. The van der Waals surface area contributed by atoms with Gasteiger partial charge in [0.15, 0.2) is 29.0 Å². The summed E-state index contributed by atoms with van der Waals surface area (Å²) in [5.74, 6) is 3.41. The first-order valence-electron chi connectivity index (χ1n) is 9.19. The van der Waals surface area contributed by atoms with Crippen LogP contribution in [0.15, 0.2) is 47.5 Å². The van der Waals surface area contributed by atoms with E-state index < -0.39 is 0 Å². The van der Waals surface area contributed by atoms with Crippen molar-refractivity contribution in [3.63, 3.8) is 0 Å². The first-order chi connectivity index (χ1) is 13.6. The molecule has 0 aliphatic heterocycles. The highest BCUT2D eigenvalue weighted by atomic mass is 16.5. The van der Waals surface area contributed by atoms with Gasteiger partial charge in [0, 0.05) is 18.8 Å². The second-order valence-corrected chi connectivity index (χ2v) is 5.96. The molecule has 0 radical (unpaired) electrons. The van der Waals surface area contributed by atoms with Crippen molar-refractivity contribution >= 4 is 11.6 Å². The van der Waals surface area contributed by atoms with E-state index in [1.54, 1.807) is 21.3 Å². The molecule has 2 aromatic carbocycles. The molecule has 7 nitrogen and oxygen atoms in total. The predicted molar refractivity (Wildman–Crippen MR) is 112 cm³/mol. The molecule has 0 aromatic heterocycles. The molecule has 0 heterocycles. The van der Waals surface area contributed by atoms with Gasteiger partial charge in [-0.2, -0.15) is 0 Å². The van der Waals surface area contributed by atoms with Gasteiger partial charge in [-0.05, 0) is 38.1 Å². The molecule has 7 heteroatoms. The Morgan fingerprint density at radius 3 is 2.36 bits per heavy atom. The van der Waals surface area contributed by atoms with Gasteiger partial charge in [0.2, 0.25) is 0 Å². The zero-order chi connectivity index (χ0) is 20.4. The molecule has 0 bridgehead atoms. The highest BCUT2D eigenvalue weighted by Gasteiger charge is 2.11. The molecule has 2 rings (SSSR count). The quantitative estimate of drug-likeness (QED) is 0.506. The summed E-state index contributed by atoms with van der Waals surface area (Å²) in [5, 5.41) is 6.49. The largest absolute Gasteiger partial charge is 0.493 e. The van der Waals surface area contributed by atoms with Gasteiger partial charge in [-0.15, -0.1) is 0 Å². The van der Waals surface area contributed by atoms with E-state index in [0.29, 0.717) is 42.1 Å². The van der Waals surface area contributed by atoms with Gasteiger partial charge in [0.25, 0.3) is 0 Å². The monoisotopic (exact) mass is 387 g/mol. The molecule has 1 unspecified atom stereocenters. The maximum atomic E-state index is 5.95. The first kappa shape index (κ1) is 21.2. The van der Waals surface area contributed by atoms with Crippen molar-refractivity contribution in [1.82, 2.24) is 5.32 Å². The molecule has 0 saturated heterocycles. The van der Waals surface area contributed by atoms with E-state index in [4.69, 9.17) is 18.9 Å². The van der Waals surface area contributed by atoms with Crippen molar-refractivity contribution in [1.29, 1.82) is 0 Å². The van der Waals surface area contributed by atoms with Crippen molar-refractivity contribution in [3.8, 4) is 23.0 Å². The minimum atomic E-state index is -0.0929. The Morgan fingerprint density at radius 2 is 1.71 bits per heavy atom. The molecular formula is C21H29N3O4. The maximum Gasteiger partial charge on any atom is 0.195 e. The van der Waals surface area contributed by atoms with Crippen LogP contribution in [0, 0.1) is 0 Å². The van der Waals surface area contributed by atoms with Crippen molar-refractivity contribution in [2.24, 2.45) is 4.99 Å². The SMILES string of the molecule is CCOc1ccc(NC(=NC)NCC(C)Oc2ccccc2OC)cc1OC. The summed E-state index contributed by atoms with van der Waals surface area (Å²) in [6, 6.07) is 13.2. The smallest absolute Gasteiger partial charge is 0.195 e. The molecule has 2 aromatic rings. The minimum Gasteiger partial charge on any atom is -0.493 e. The number of aliphatic imine (C=N–C) groups is 1. The highest BCUT2D eigenvalue weighted by Crippen LogP contribution is 2.30. The topological polar surface area (TPSA) is 73.3 Å². The van der Waals surface area contributed by atoms with Crippen LogP contribution in [-0.4, -0.2) is 46.5 Å². The van der Waals surface area contributed by atoms with Crippen molar-refractivity contribution in [3.05, 3.63) is 42.5 Å². The number of hydrogen-bond acceptors (Lipinski definition) is 5. The Kier molecular flexibility index (Phi) is 8.27. The summed E-state index contributed by atoms with van der Waals surface area (Å²) in [6.07, 6.45) is -0.0929. The van der Waals surface area contributed by atoms with Crippen LogP contribution < -0.4 is 29.6 Å². The van der Waals surface area contributed by atoms with Crippen molar-refractivity contribution < 1.29 is 18.9 Å². The summed E-state index contributed by atoms with van der Waals surface area (Å²) in [7, 11) is 4.96. The number of nitrogens with one attached hydrogen (secondary N) is 2. The zero-order valence-corrected chi connectivity index (χ0v) is 17.1. The lowest BCUT2D eigenvalue weighted by molar-refractivity contribution is 0.214. The van der Waals surface area contributed by atoms with E-state index in [1.165, 1.54) is 0 Å². The van der Waals surface area contributed by atoms with Crippen LogP contribution in [-0.2, 0) is 0 Å². The van der Waals surface area contributed by atoms with Crippen LogP contribution in [0.5, 0.6) is 23.0 Å². The zero-order valence-electron chi connectivity index (χ0n) is 17.1. The van der Waals surface area contributed by atoms with Gasteiger partial charge in [-0.25, -0.2) is 0 Å². The van der Waals surface area contributed by atoms with Crippen LogP contribution in [0.25, 0.3) is 0 Å². The summed E-state index contributed by atoms with van der Waals surface area (Å²) in [6.45, 7) is 5.06. The lowest BCUT2D eigenvalue weighted by Gasteiger charge is -2.19. The van der Waals surface area contributed by atoms with Gasteiger partial charge in [0.05, 0.1) is 27.4 Å². The normalized spacial score (nSPS) is 12.1. The molecule has 28 heavy (non-hydrogen) atoms. The number of anilines is 1. The maximum absolute atomic E-state index is 5.95. The number of guanidine groups is 1. The van der Waals surface area contributed by atoms with E-state index in [2.05, 4.69) is 15.6 Å². The van der Waals surface area contributed by atoms with Crippen LogP contribution in [0.4, 0.5) is 5.69 Å². The predicted octanol–water partition coefficient (Wildman–Crippen LogP) is 3.56. The molecule has 2 N–H and O–H groups in total. The Labute approximate surface area is 166 Å². The third-order valence-corrected chi connectivity index (χ3v) is 3.90. The summed E-state index contributed by atoms with van der Waals surface area (Å²) in [5.41, 5.74) is 0.840. The number of para-hydroxylation sites is 2. The van der Waals surface area contributed by atoms with Gasteiger partial charge >= 0.3 is 0 Å². The fourth-order valence-corrected chi connectivity index (χ4v) is 2.55. The van der Waals surface area contributed by atoms with Crippen LogP contribution in [0.2, 0.25) is 0 Å². The number of ether oxygens (including phenoxy) is 4. The highest BCUT2D eigenvalue weighted by molar-refractivity contribution is 5.93. The Hall–Kier alpha value is -3.09. The average molecular weight is 387 g/mol. The third-order valence-electron chi connectivity index (χ3n) is 3.90. The molecule has 0 fully saturated rings. The standard InChI is InChI=1S/C21H29N3O4/c1-6-27-18-12-11-16(13-20(18)26-5)24-21(22-3)23-14-15(2)28-19-10-8-7-9-17(19)25-4/h7-13,15H,6,14H2,1-5H3,(H2,22,23,24). The molecule has 1 atom stereocenters. The van der Waals surface area contributed by atoms with E-state index in [1.807, 2.05) is 56.3 Å². The number of methoxy groups -OCH3 is 2.